The number of amides is 1. The van der Waals surface area contributed by atoms with Crippen LogP contribution in [-0.4, -0.2) is 32.2 Å². The predicted octanol–water partition coefficient (Wildman–Crippen LogP) is 2.91. The Morgan fingerprint density at radius 2 is 2.07 bits per heavy atom. The molecule has 28 heavy (non-hydrogen) atoms. The lowest BCUT2D eigenvalue weighted by atomic mass is 10.2. The van der Waals surface area contributed by atoms with Crippen molar-refractivity contribution in [2.75, 3.05) is 12.4 Å². The van der Waals surface area contributed by atoms with Gasteiger partial charge in [0.05, 0.1) is 24.6 Å². The molecule has 4 rings (SSSR count). The molecular formula is C20H19N5O3. The summed E-state index contributed by atoms with van der Waals surface area (Å²) in [5.74, 6) is 0.844. The number of fused-ring (bicyclic) bond motifs is 1. The Bertz CT molecular complexity index is 1100. The van der Waals surface area contributed by atoms with Crippen molar-refractivity contribution in [1.82, 2.24) is 19.2 Å². The van der Waals surface area contributed by atoms with Crippen LogP contribution in [-0.2, 0) is 13.7 Å². The molecule has 0 bridgehead atoms. The van der Waals surface area contributed by atoms with E-state index < -0.39 is 0 Å². The maximum Gasteiger partial charge on any atom is 0.258 e. The van der Waals surface area contributed by atoms with Crippen molar-refractivity contribution in [2.24, 2.45) is 7.05 Å². The Labute approximate surface area is 161 Å². The Morgan fingerprint density at radius 3 is 2.82 bits per heavy atom. The van der Waals surface area contributed by atoms with Gasteiger partial charge in [0.15, 0.2) is 11.5 Å². The molecule has 3 aromatic heterocycles. The molecule has 0 radical (unpaired) electrons. The molecule has 1 aromatic carbocycles. The molecule has 3 heterocycles. The zero-order valence-corrected chi connectivity index (χ0v) is 15.5. The number of hydrogen-bond donors (Lipinski definition) is 1. The third-order valence-corrected chi connectivity index (χ3v) is 4.18. The van der Waals surface area contributed by atoms with Crippen LogP contribution in [0.2, 0.25) is 0 Å². The number of aryl methyl sites for hydroxylation is 1. The molecule has 0 aliphatic rings. The van der Waals surface area contributed by atoms with Crippen LogP contribution in [0.15, 0.2) is 61.2 Å². The molecule has 8 heteroatoms. The normalized spacial score (nSPS) is 10.8. The van der Waals surface area contributed by atoms with Crippen molar-refractivity contribution in [3.05, 3.63) is 72.4 Å². The smallest absolute Gasteiger partial charge is 0.258 e. The summed E-state index contributed by atoms with van der Waals surface area (Å²) < 4.78 is 14.8. The zero-order valence-electron chi connectivity index (χ0n) is 15.5. The third kappa shape index (κ3) is 3.66. The monoisotopic (exact) mass is 377 g/mol. The number of carbonyl (C=O) groups excluding carboxylic acids is 1. The van der Waals surface area contributed by atoms with Gasteiger partial charge in [0.25, 0.3) is 5.91 Å². The van der Waals surface area contributed by atoms with Gasteiger partial charge in [0, 0.05) is 37.4 Å². The fourth-order valence-corrected chi connectivity index (χ4v) is 2.82. The Kier molecular flexibility index (Phi) is 4.67. The van der Waals surface area contributed by atoms with Crippen LogP contribution in [0, 0.1) is 0 Å². The number of anilines is 1. The maximum atomic E-state index is 12.3. The average molecular weight is 377 g/mol. The number of aromatic nitrogens is 4. The predicted molar refractivity (Wildman–Crippen MR) is 104 cm³/mol. The molecule has 8 nitrogen and oxygen atoms in total. The molecule has 4 aromatic rings. The van der Waals surface area contributed by atoms with Crippen LogP contribution in [0.4, 0.5) is 5.69 Å². The van der Waals surface area contributed by atoms with Crippen LogP contribution in [0.1, 0.15) is 16.1 Å². The van der Waals surface area contributed by atoms with E-state index in [1.54, 1.807) is 43.2 Å². The van der Waals surface area contributed by atoms with Crippen molar-refractivity contribution in [3.63, 3.8) is 0 Å². The summed E-state index contributed by atoms with van der Waals surface area (Å²) in [4.78, 5) is 16.8. The Morgan fingerprint density at radius 1 is 1.18 bits per heavy atom. The first kappa shape index (κ1) is 17.6. The van der Waals surface area contributed by atoms with Crippen LogP contribution < -0.4 is 14.8 Å². The number of rotatable bonds is 6. The van der Waals surface area contributed by atoms with Crippen LogP contribution in [0.3, 0.4) is 0 Å². The molecule has 0 aliphatic carbocycles. The molecule has 0 saturated heterocycles. The van der Waals surface area contributed by atoms with Gasteiger partial charge in [0.2, 0.25) is 0 Å². The van der Waals surface area contributed by atoms with Gasteiger partial charge in [-0.05, 0) is 24.3 Å². The highest BCUT2D eigenvalue weighted by Crippen LogP contribution is 2.31. The summed E-state index contributed by atoms with van der Waals surface area (Å²) in [6, 6.07) is 11.0. The largest absolute Gasteiger partial charge is 0.493 e. The average Bonchev–Trinajstić information content (AvgIpc) is 3.32. The number of carbonyl (C=O) groups is 1. The van der Waals surface area contributed by atoms with E-state index in [1.807, 2.05) is 35.0 Å². The van der Waals surface area contributed by atoms with Crippen LogP contribution >= 0.6 is 0 Å². The summed E-state index contributed by atoms with van der Waals surface area (Å²) >= 11 is 0. The van der Waals surface area contributed by atoms with E-state index in [2.05, 4.69) is 15.4 Å². The molecule has 0 fully saturated rings. The topological polar surface area (TPSA) is 82.7 Å². The molecule has 0 aliphatic heterocycles. The molecule has 0 spiro atoms. The lowest BCUT2D eigenvalue weighted by molar-refractivity contribution is 0.102. The van der Waals surface area contributed by atoms with Crippen molar-refractivity contribution in [3.8, 4) is 11.5 Å². The number of benzene rings is 1. The van der Waals surface area contributed by atoms with Gasteiger partial charge >= 0.3 is 0 Å². The fourth-order valence-electron chi connectivity index (χ4n) is 2.82. The van der Waals surface area contributed by atoms with E-state index in [0.717, 1.165) is 11.3 Å². The first-order valence-corrected chi connectivity index (χ1v) is 8.66. The molecule has 0 saturated carbocycles. The number of hydrogen-bond acceptors (Lipinski definition) is 5. The van der Waals surface area contributed by atoms with Gasteiger partial charge in [0.1, 0.15) is 12.3 Å². The minimum absolute atomic E-state index is 0.246. The van der Waals surface area contributed by atoms with E-state index in [9.17, 15) is 4.79 Å². The molecule has 142 valence electrons. The van der Waals surface area contributed by atoms with Gasteiger partial charge in [-0.1, -0.05) is 6.07 Å². The minimum atomic E-state index is -0.246. The van der Waals surface area contributed by atoms with E-state index in [0.29, 0.717) is 22.7 Å². The molecule has 1 N–H and O–H groups in total. The Hall–Kier alpha value is -3.81. The first-order chi connectivity index (χ1) is 13.6. The standard InChI is InChI=1S/C20H19N5O3/c1-24-11-14(10-21-24)20(26)23-15-6-7-17(27-2)18(9-15)28-13-16-12-25-8-4-3-5-19(25)22-16/h3-12H,13H2,1-2H3,(H,23,26). The Balaban J connectivity index is 1.50. The summed E-state index contributed by atoms with van der Waals surface area (Å²) in [6.07, 6.45) is 7.01. The second-order valence-electron chi connectivity index (χ2n) is 6.21. The number of ether oxygens (including phenoxy) is 2. The zero-order chi connectivity index (χ0) is 19.5. The highest BCUT2D eigenvalue weighted by atomic mass is 16.5. The molecule has 1 amide bonds. The number of nitrogens with one attached hydrogen (secondary N) is 1. The van der Waals surface area contributed by atoms with E-state index in [4.69, 9.17) is 9.47 Å². The lowest BCUT2D eigenvalue weighted by Crippen LogP contribution is -2.11. The highest BCUT2D eigenvalue weighted by molar-refractivity contribution is 6.04. The van der Waals surface area contributed by atoms with Gasteiger partial charge in [-0.25, -0.2) is 4.98 Å². The lowest BCUT2D eigenvalue weighted by Gasteiger charge is -2.12. The molecule has 0 atom stereocenters. The second kappa shape index (κ2) is 7.43. The summed E-state index contributed by atoms with van der Waals surface area (Å²) in [5, 5.41) is 6.84. The van der Waals surface area contributed by atoms with E-state index in [1.165, 1.54) is 6.20 Å². The van der Waals surface area contributed by atoms with Gasteiger partial charge in [-0.15, -0.1) is 0 Å². The van der Waals surface area contributed by atoms with Crippen LogP contribution in [0.25, 0.3) is 5.65 Å². The minimum Gasteiger partial charge on any atom is -0.493 e. The van der Waals surface area contributed by atoms with Gasteiger partial charge < -0.3 is 19.2 Å². The highest BCUT2D eigenvalue weighted by Gasteiger charge is 2.12. The quantitative estimate of drug-likeness (QED) is 0.559. The third-order valence-electron chi connectivity index (χ3n) is 4.18. The fraction of sp³-hybridized carbons (Fsp3) is 0.150. The number of imidazole rings is 1. The van der Waals surface area contributed by atoms with Gasteiger partial charge in [-0.3, -0.25) is 9.48 Å². The molecule has 0 unspecified atom stereocenters. The van der Waals surface area contributed by atoms with E-state index >= 15 is 0 Å². The van der Waals surface area contributed by atoms with Crippen molar-refractivity contribution < 1.29 is 14.3 Å². The summed E-state index contributed by atoms with van der Waals surface area (Å²) in [5.41, 5.74) is 2.72. The van der Waals surface area contributed by atoms with Crippen molar-refractivity contribution in [1.29, 1.82) is 0 Å². The number of nitrogens with zero attached hydrogens (tertiary/aromatic N) is 4. The van der Waals surface area contributed by atoms with Gasteiger partial charge in [-0.2, -0.15) is 5.10 Å². The van der Waals surface area contributed by atoms with Crippen molar-refractivity contribution in [2.45, 2.75) is 6.61 Å². The first-order valence-electron chi connectivity index (χ1n) is 8.66. The summed E-state index contributed by atoms with van der Waals surface area (Å²) in [6.45, 7) is 0.276. The van der Waals surface area contributed by atoms with Crippen molar-refractivity contribution >= 4 is 17.2 Å². The number of methoxy groups -OCH3 is 1. The SMILES string of the molecule is COc1ccc(NC(=O)c2cnn(C)c2)cc1OCc1cn2ccccc2n1. The second-order valence-corrected chi connectivity index (χ2v) is 6.21. The maximum absolute atomic E-state index is 12.3. The molecular weight excluding hydrogens is 358 g/mol. The van der Waals surface area contributed by atoms with E-state index in [-0.39, 0.29) is 12.5 Å². The number of pyridine rings is 1. The van der Waals surface area contributed by atoms with Crippen LogP contribution in [0.5, 0.6) is 11.5 Å². The summed E-state index contributed by atoms with van der Waals surface area (Å²) in [7, 11) is 3.33.